The fourth-order valence-electron chi connectivity index (χ4n) is 13.2. The van der Waals surface area contributed by atoms with Gasteiger partial charge in [0.05, 0.1) is 51.3 Å². The summed E-state index contributed by atoms with van der Waals surface area (Å²) in [6.45, 7) is 48.4. The summed E-state index contributed by atoms with van der Waals surface area (Å²) in [6, 6.07) is 19.2. The maximum absolute atomic E-state index is 13.4. The lowest BCUT2D eigenvalue weighted by molar-refractivity contribution is 0.592. The highest BCUT2D eigenvalue weighted by atomic mass is 16.1. The van der Waals surface area contributed by atoms with Gasteiger partial charge in [0.25, 0.3) is 16.7 Å². The van der Waals surface area contributed by atoms with Crippen LogP contribution in [0.25, 0.3) is 0 Å². The van der Waals surface area contributed by atoms with Crippen molar-refractivity contribution in [3.05, 3.63) is 154 Å². The number of anilines is 3. The number of hydrogen-bond donors (Lipinski definition) is 0. The molecule has 0 aliphatic carbocycles. The molecule has 3 aromatic heterocycles. The molecule has 3 aliphatic rings. The van der Waals surface area contributed by atoms with Crippen LogP contribution < -0.4 is 31.4 Å². The SMILES string of the molecule is CCCC1=Nn2c(nc(CCC)c(CCC)c2=O)C1=Nc1ccc(N(CC)CC)cc1C.CCCCCC1=Nn2c(nc(CCC)c(CCC)c2=O)C1=Nc1ccc(N(CC)CC)cc1C.CCCc1nc2n(c(=O)c1CCC)N=C(C(C)(C)C)C2=Nc1ccc(N(CC)CC)cc1C. The summed E-state index contributed by atoms with van der Waals surface area (Å²) < 4.78 is 4.50. The van der Waals surface area contributed by atoms with Gasteiger partial charge in [-0.15, -0.1) is 0 Å². The number of nitrogens with zero attached hydrogens (tertiary/aromatic N) is 15. The van der Waals surface area contributed by atoms with Gasteiger partial charge in [0.15, 0.2) is 17.5 Å². The van der Waals surface area contributed by atoms with Crippen molar-refractivity contribution in [3.63, 3.8) is 0 Å². The standard InChI is InChI=1S/C28H41N5O.C27H39N5O.C26H37N5O/c1-7-12-13-16-25-26(29-23-18-17-21(19-20(23)6)32(10-4)11-5)27-30-24(15-9-3)22(14-8-2)28(34)33(27)31-25;1-9-13-20-22(14-10-2)29-25-23(24(27(6,7)8)30-32(25)26(20)33)28-21-16-15-19(17-18(21)5)31(11-3)12-4;1-7-12-20-22(13-8-2)28-25-24(23(14-9-3)29-31(25)26(20)32)27-21-16-15-19(17-18(21)6)30(10-4)11-5/h17-19H,7-16H2,1-6H3;15-17H,9-14H2,1-8H3;15-17H,7-14H2,1-6H3. The number of rotatable bonds is 30. The van der Waals surface area contributed by atoms with Crippen LogP contribution in [-0.2, 0) is 38.5 Å². The first kappa shape index (κ1) is 78.1. The van der Waals surface area contributed by atoms with Crippen LogP contribution in [0.4, 0.5) is 34.1 Å². The zero-order valence-corrected chi connectivity index (χ0v) is 64.1. The van der Waals surface area contributed by atoms with Gasteiger partial charge in [-0.05, 0) is 191 Å². The minimum Gasteiger partial charge on any atom is -0.372 e. The van der Waals surface area contributed by atoms with Gasteiger partial charge in [0.1, 0.15) is 17.1 Å². The maximum atomic E-state index is 13.4. The van der Waals surface area contributed by atoms with E-state index >= 15 is 0 Å². The van der Waals surface area contributed by atoms with Crippen molar-refractivity contribution in [2.45, 2.75) is 254 Å². The van der Waals surface area contributed by atoms with Gasteiger partial charge in [-0.2, -0.15) is 29.3 Å². The number of hydrogen-bond acceptors (Lipinski definition) is 15. The maximum Gasteiger partial charge on any atom is 0.277 e. The molecule has 0 spiro atoms. The summed E-state index contributed by atoms with van der Waals surface area (Å²) in [4.78, 5) is 77.2. The molecule has 18 nitrogen and oxygen atoms in total. The predicted octanol–water partition coefficient (Wildman–Crippen LogP) is 17.4. The first-order valence-corrected chi connectivity index (χ1v) is 37.7. The minimum absolute atomic E-state index is 0.0258. The highest BCUT2D eigenvalue weighted by Gasteiger charge is 2.36. The first-order valence-electron chi connectivity index (χ1n) is 37.7. The van der Waals surface area contributed by atoms with E-state index in [1.165, 1.54) is 31.1 Å². The van der Waals surface area contributed by atoms with Crippen LogP contribution in [0.1, 0.15) is 263 Å². The molecular weight excluding hydrogens is 1230 g/mol. The minimum atomic E-state index is -0.274. The first-order chi connectivity index (χ1) is 47.6. The van der Waals surface area contributed by atoms with E-state index in [2.05, 4.69) is 213 Å². The van der Waals surface area contributed by atoms with Crippen LogP contribution in [-0.4, -0.2) is 103 Å². The molecule has 0 bridgehead atoms. The van der Waals surface area contributed by atoms with Gasteiger partial charge in [-0.3, -0.25) is 14.4 Å². The van der Waals surface area contributed by atoms with E-state index in [0.29, 0.717) is 23.2 Å². The van der Waals surface area contributed by atoms with Gasteiger partial charge >= 0.3 is 0 Å². The molecule has 0 saturated heterocycles. The van der Waals surface area contributed by atoms with E-state index in [1.807, 2.05) is 0 Å². The van der Waals surface area contributed by atoms with Crippen molar-refractivity contribution in [1.29, 1.82) is 0 Å². The van der Waals surface area contributed by atoms with Crippen LogP contribution in [0.15, 0.2) is 99.3 Å². The Morgan fingerprint density at radius 2 is 0.667 bits per heavy atom. The van der Waals surface area contributed by atoms with Crippen LogP contribution >= 0.6 is 0 Å². The third kappa shape index (κ3) is 18.2. The number of aliphatic imine (C=N–C) groups is 3. The average Bonchev–Trinajstić information content (AvgIpc) is 1.60. The van der Waals surface area contributed by atoms with Gasteiger partial charge < -0.3 is 14.7 Å². The van der Waals surface area contributed by atoms with Crippen LogP contribution in [0.2, 0.25) is 0 Å². The van der Waals surface area contributed by atoms with Gasteiger partial charge in [-0.1, -0.05) is 134 Å². The molecule has 0 atom stereocenters. The van der Waals surface area contributed by atoms with Crippen molar-refractivity contribution in [3.8, 4) is 0 Å². The fraction of sp³-hybridized carbons (Fsp3) is 0.556. The Hall–Kier alpha value is -8.28. The Morgan fingerprint density at radius 3 is 0.960 bits per heavy atom. The average molecular weight is 1350 g/mol. The molecule has 3 aromatic carbocycles. The molecule has 0 radical (unpaired) electrons. The number of aryl methyl sites for hydroxylation is 6. The molecule has 18 heteroatoms. The second-order valence-corrected chi connectivity index (χ2v) is 27.2. The van der Waals surface area contributed by atoms with Gasteiger partial charge in [-0.25, -0.2) is 29.9 Å². The number of aromatic nitrogens is 6. The summed E-state index contributed by atoms with van der Waals surface area (Å²) >= 11 is 0. The van der Waals surface area contributed by atoms with Crippen molar-refractivity contribution in [2.75, 3.05) is 54.0 Å². The molecule has 534 valence electrons. The topological polar surface area (TPSA) is 189 Å². The van der Waals surface area contributed by atoms with Crippen LogP contribution in [0.5, 0.6) is 0 Å². The van der Waals surface area contributed by atoms with Crippen LogP contribution in [0, 0.1) is 26.2 Å². The van der Waals surface area contributed by atoms with E-state index < -0.39 is 0 Å². The molecule has 6 aromatic rings. The zero-order chi connectivity index (χ0) is 72.3. The zero-order valence-electron chi connectivity index (χ0n) is 64.1. The fourth-order valence-corrected chi connectivity index (χ4v) is 13.2. The second kappa shape index (κ2) is 36.7. The summed E-state index contributed by atoms with van der Waals surface area (Å²) in [6.07, 6.45) is 16.0. The summed E-state index contributed by atoms with van der Waals surface area (Å²) in [5, 5.41) is 14.2. The lowest BCUT2D eigenvalue weighted by atomic mass is 9.87. The number of benzene rings is 3. The van der Waals surface area contributed by atoms with Crippen molar-refractivity contribution in [1.82, 2.24) is 29.0 Å². The summed E-state index contributed by atoms with van der Waals surface area (Å²) in [5.74, 6) is 1.77. The third-order valence-corrected chi connectivity index (χ3v) is 18.6. The lowest BCUT2D eigenvalue weighted by Gasteiger charge is -2.22. The molecule has 6 heterocycles. The third-order valence-electron chi connectivity index (χ3n) is 18.6. The van der Waals surface area contributed by atoms with Crippen molar-refractivity contribution < 1.29 is 0 Å². The molecule has 99 heavy (non-hydrogen) atoms. The molecular formula is C81H117N15O3. The van der Waals surface area contributed by atoms with E-state index in [9.17, 15) is 14.4 Å². The monoisotopic (exact) mass is 1350 g/mol. The van der Waals surface area contributed by atoms with Crippen molar-refractivity contribution >= 4 is 68.4 Å². The largest absolute Gasteiger partial charge is 0.372 e. The molecule has 9 rings (SSSR count). The van der Waals surface area contributed by atoms with E-state index in [0.717, 1.165) is 251 Å². The molecule has 0 unspecified atom stereocenters. The molecule has 0 fully saturated rings. The van der Waals surface area contributed by atoms with Gasteiger partial charge in [0.2, 0.25) is 0 Å². The highest BCUT2D eigenvalue weighted by molar-refractivity contribution is 6.51. The molecule has 3 aliphatic heterocycles. The van der Waals surface area contributed by atoms with Gasteiger partial charge in [0, 0.05) is 78.4 Å². The normalized spacial score (nSPS) is 14.2. The van der Waals surface area contributed by atoms with E-state index in [1.54, 1.807) is 0 Å². The second-order valence-electron chi connectivity index (χ2n) is 27.2. The number of fused-ring (bicyclic) bond motifs is 3. The predicted molar refractivity (Wildman–Crippen MR) is 419 cm³/mol. The smallest absolute Gasteiger partial charge is 0.277 e. The quantitative estimate of drug-likeness (QED) is 0.0395. The Labute approximate surface area is 591 Å². The summed E-state index contributed by atoms with van der Waals surface area (Å²) in [5.41, 5.74) is 19.1. The van der Waals surface area contributed by atoms with E-state index in [-0.39, 0.29) is 22.1 Å². The Morgan fingerprint density at radius 1 is 0.364 bits per heavy atom. The Balaban J connectivity index is 0.000000209. The van der Waals surface area contributed by atoms with Crippen LogP contribution in [0.3, 0.4) is 0 Å². The summed E-state index contributed by atoms with van der Waals surface area (Å²) in [7, 11) is 0. The number of unbranched alkanes of at least 4 members (excludes halogenated alkanes) is 2. The highest BCUT2D eigenvalue weighted by Crippen LogP contribution is 2.33. The Kier molecular flexibility index (Phi) is 28.9. The van der Waals surface area contributed by atoms with Crippen molar-refractivity contribution in [2.24, 2.45) is 35.7 Å². The Bertz CT molecular complexity index is 4160. The lowest BCUT2D eigenvalue weighted by Crippen LogP contribution is -2.29. The van der Waals surface area contributed by atoms with E-state index in [4.69, 9.17) is 40.1 Å². The molecule has 0 N–H and O–H groups in total. The molecule has 0 saturated carbocycles. The molecule has 0 amide bonds.